The Labute approximate surface area is 142 Å². The van der Waals surface area contributed by atoms with Crippen LogP contribution in [0.1, 0.15) is 17.3 Å². The summed E-state index contributed by atoms with van der Waals surface area (Å²) in [6, 6.07) is 4.88. The average molecular weight is 413 g/mol. The molecule has 0 N–H and O–H groups in total. The molecular weight excluding hydrogens is 398 g/mol. The predicted molar refractivity (Wildman–Crippen MR) is 90.8 cm³/mol. The van der Waals surface area contributed by atoms with Crippen LogP contribution >= 0.6 is 39.3 Å². The van der Waals surface area contributed by atoms with Gasteiger partial charge < -0.3 is 4.90 Å². The first-order valence-electron chi connectivity index (χ1n) is 6.42. The molecule has 21 heavy (non-hydrogen) atoms. The van der Waals surface area contributed by atoms with E-state index in [1.807, 2.05) is 0 Å². The second-order valence-electron chi connectivity index (χ2n) is 4.60. The highest BCUT2D eigenvalue weighted by Gasteiger charge is 2.36. The van der Waals surface area contributed by atoms with Crippen LogP contribution < -0.4 is 0 Å². The maximum absolute atomic E-state index is 12.7. The molecule has 1 aliphatic heterocycles. The number of carbonyl (C=O) groups is 1. The van der Waals surface area contributed by atoms with Crippen LogP contribution in [0.15, 0.2) is 22.7 Å². The highest BCUT2D eigenvalue weighted by atomic mass is 79.9. The molecule has 1 saturated heterocycles. The Morgan fingerprint density at radius 1 is 1.52 bits per heavy atom. The fourth-order valence-electron chi connectivity index (χ4n) is 2.12. The number of hydrogen-bond donors (Lipinski definition) is 0. The molecule has 8 heteroatoms. The number of amides is 1. The van der Waals surface area contributed by atoms with E-state index in [2.05, 4.69) is 15.9 Å². The molecule has 0 saturated carbocycles. The van der Waals surface area contributed by atoms with Crippen molar-refractivity contribution in [2.75, 3.05) is 23.8 Å². The van der Waals surface area contributed by atoms with E-state index in [4.69, 9.17) is 11.6 Å². The van der Waals surface area contributed by atoms with Crippen molar-refractivity contribution in [3.05, 3.63) is 33.3 Å². The molecule has 4 nitrogen and oxygen atoms in total. The van der Waals surface area contributed by atoms with E-state index < -0.39 is 15.2 Å². The molecule has 1 fully saturated rings. The van der Waals surface area contributed by atoms with E-state index in [1.165, 1.54) is 4.90 Å². The van der Waals surface area contributed by atoms with Crippen molar-refractivity contribution in [2.24, 2.45) is 0 Å². The van der Waals surface area contributed by atoms with Gasteiger partial charge in [0, 0.05) is 33.3 Å². The highest BCUT2D eigenvalue weighted by Crippen LogP contribution is 2.27. The topological polar surface area (TPSA) is 54.5 Å². The fourth-order valence-corrected chi connectivity index (χ4v) is 5.94. The lowest BCUT2D eigenvalue weighted by atomic mass is 10.2. The highest BCUT2D eigenvalue weighted by molar-refractivity contribution is 9.10. The fraction of sp³-hybridized carbons (Fsp3) is 0.462. The zero-order valence-corrected chi connectivity index (χ0v) is 15.4. The number of carbonyl (C=O) groups excluding carboxylic acids is 1. The van der Waals surface area contributed by atoms with E-state index in [-0.39, 0.29) is 11.7 Å². The molecule has 1 atom stereocenters. The summed E-state index contributed by atoms with van der Waals surface area (Å²) in [5.74, 6) is 0.921. The first kappa shape index (κ1) is 17.1. The molecule has 2 rings (SSSR count). The molecule has 116 valence electrons. The van der Waals surface area contributed by atoms with Crippen molar-refractivity contribution in [2.45, 2.75) is 12.3 Å². The number of thioether (sulfide) groups is 1. The van der Waals surface area contributed by atoms with Crippen LogP contribution in [0.2, 0.25) is 5.02 Å². The molecular formula is C13H15BrClNO3S2. The number of sulfone groups is 1. The summed E-state index contributed by atoms with van der Waals surface area (Å²) in [5.41, 5.74) is 0.433. The number of rotatable bonds is 3. The molecule has 0 aromatic heterocycles. The SMILES string of the molecule is CCS(=O)(=O)C1CSCCN1C(=O)c1ccc(Cl)cc1Br. The summed E-state index contributed by atoms with van der Waals surface area (Å²) in [5, 5.41) is -0.235. The van der Waals surface area contributed by atoms with E-state index >= 15 is 0 Å². The lowest BCUT2D eigenvalue weighted by Crippen LogP contribution is -2.50. The van der Waals surface area contributed by atoms with Crippen LogP contribution in [0, 0.1) is 0 Å². The average Bonchev–Trinajstić information content (AvgIpc) is 2.46. The normalized spacial score (nSPS) is 19.6. The zero-order chi connectivity index (χ0) is 15.6. The zero-order valence-electron chi connectivity index (χ0n) is 11.4. The summed E-state index contributed by atoms with van der Waals surface area (Å²) < 4.78 is 25.0. The van der Waals surface area contributed by atoms with Crippen LogP contribution in [-0.2, 0) is 9.84 Å². The third-order valence-electron chi connectivity index (χ3n) is 3.32. The van der Waals surface area contributed by atoms with Crippen LogP contribution in [0.3, 0.4) is 0 Å². The minimum atomic E-state index is -3.30. The number of nitrogens with zero attached hydrogens (tertiary/aromatic N) is 1. The molecule has 1 aliphatic rings. The number of benzene rings is 1. The molecule has 0 bridgehead atoms. The molecule has 1 amide bonds. The maximum atomic E-state index is 12.7. The second-order valence-corrected chi connectivity index (χ2v) is 9.49. The lowest BCUT2D eigenvalue weighted by Gasteiger charge is -2.34. The monoisotopic (exact) mass is 411 g/mol. The van der Waals surface area contributed by atoms with Crippen LogP contribution in [0.25, 0.3) is 0 Å². The van der Waals surface area contributed by atoms with Crippen molar-refractivity contribution < 1.29 is 13.2 Å². The van der Waals surface area contributed by atoms with Gasteiger partial charge in [0.2, 0.25) is 0 Å². The van der Waals surface area contributed by atoms with Gasteiger partial charge in [0.25, 0.3) is 5.91 Å². The summed E-state index contributed by atoms with van der Waals surface area (Å²) in [6.07, 6.45) is 0. The Morgan fingerprint density at radius 2 is 2.24 bits per heavy atom. The van der Waals surface area contributed by atoms with Gasteiger partial charge in [-0.2, -0.15) is 11.8 Å². The van der Waals surface area contributed by atoms with Crippen molar-refractivity contribution >= 4 is 55.0 Å². The summed E-state index contributed by atoms with van der Waals surface area (Å²) in [6.45, 7) is 2.04. The Hall–Kier alpha value is -0.240. The Balaban J connectivity index is 2.35. The predicted octanol–water partition coefficient (Wildman–Crippen LogP) is 3.05. The van der Waals surface area contributed by atoms with Gasteiger partial charge in [-0.1, -0.05) is 18.5 Å². The maximum Gasteiger partial charge on any atom is 0.256 e. The minimum absolute atomic E-state index is 0.0315. The van der Waals surface area contributed by atoms with Crippen LogP contribution in [-0.4, -0.2) is 48.4 Å². The van der Waals surface area contributed by atoms with Gasteiger partial charge in [-0.25, -0.2) is 8.42 Å². The first-order chi connectivity index (χ1) is 9.86. The Kier molecular flexibility index (Phi) is 5.62. The molecule has 1 heterocycles. The van der Waals surface area contributed by atoms with E-state index in [1.54, 1.807) is 36.9 Å². The van der Waals surface area contributed by atoms with Gasteiger partial charge in [0.05, 0.1) is 5.56 Å². The van der Waals surface area contributed by atoms with Gasteiger partial charge in [-0.15, -0.1) is 0 Å². The molecule has 0 radical (unpaired) electrons. The standard InChI is InChI=1S/C13H15BrClNO3S2/c1-2-21(18,19)12-8-20-6-5-16(12)13(17)10-4-3-9(15)7-11(10)14/h3-4,7,12H,2,5-6,8H2,1H3. The van der Waals surface area contributed by atoms with E-state index in [0.29, 0.717) is 27.4 Å². The largest absolute Gasteiger partial charge is 0.320 e. The summed E-state index contributed by atoms with van der Waals surface area (Å²) >= 11 is 10.8. The quantitative estimate of drug-likeness (QED) is 0.765. The summed E-state index contributed by atoms with van der Waals surface area (Å²) in [4.78, 5) is 14.1. The Morgan fingerprint density at radius 3 is 2.86 bits per heavy atom. The molecule has 0 spiro atoms. The minimum Gasteiger partial charge on any atom is -0.320 e. The van der Waals surface area contributed by atoms with Gasteiger partial charge in [0.1, 0.15) is 5.37 Å². The Bertz CT molecular complexity index is 651. The van der Waals surface area contributed by atoms with Gasteiger partial charge >= 0.3 is 0 Å². The third kappa shape index (κ3) is 3.75. The lowest BCUT2D eigenvalue weighted by molar-refractivity contribution is 0.0748. The van der Waals surface area contributed by atoms with Gasteiger partial charge in [0.15, 0.2) is 9.84 Å². The van der Waals surface area contributed by atoms with Gasteiger partial charge in [-0.05, 0) is 34.1 Å². The van der Waals surface area contributed by atoms with Crippen LogP contribution in [0.4, 0.5) is 0 Å². The van der Waals surface area contributed by atoms with Crippen molar-refractivity contribution in [3.8, 4) is 0 Å². The van der Waals surface area contributed by atoms with Crippen molar-refractivity contribution in [1.29, 1.82) is 0 Å². The number of hydrogen-bond acceptors (Lipinski definition) is 4. The van der Waals surface area contributed by atoms with Gasteiger partial charge in [-0.3, -0.25) is 4.79 Å². The van der Waals surface area contributed by atoms with Crippen LogP contribution in [0.5, 0.6) is 0 Å². The summed E-state index contributed by atoms with van der Waals surface area (Å²) in [7, 11) is -3.30. The molecule has 1 unspecified atom stereocenters. The first-order valence-corrected chi connectivity index (χ1v) is 10.5. The molecule has 1 aromatic carbocycles. The smallest absolute Gasteiger partial charge is 0.256 e. The number of halogens is 2. The molecule has 0 aliphatic carbocycles. The van der Waals surface area contributed by atoms with Crippen molar-refractivity contribution in [1.82, 2.24) is 4.90 Å². The molecule has 1 aromatic rings. The van der Waals surface area contributed by atoms with E-state index in [9.17, 15) is 13.2 Å². The third-order valence-corrected chi connectivity index (χ3v) is 7.50. The van der Waals surface area contributed by atoms with Crippen molar-refractivity contribution in [3.63, 3.8) is 0 Å². The van der Waals surface area contributed by atoms with E-state index in [0.717, 1.165) is 5.75 Å². The second kappa shape index (κ2) is 6.89.